The highest BCUT2D eigenvalue weighted by molar-refractivity contribution is 5.91. The van der Waals surface area contributed by atoms with Crippen molar-refractivity contribution < 1.29 is 14.3 Å². The maximum atomic E-state index is 10.9. The first-order valence-corrected chi connectivity index (χ1v) is 4.98. The minimum absolute atomic E-state index is 0.188. The van der Waals surface area contributed by atoms with Crippen LogP contribution in [0.15, 0.2) is 18.2 Å². The van der Waals surface area contributed by atoms with Crippen LogP contribution < -0.4 is 15.2 Å². The first-order valence-electron chi connectivity index (χ1n) is 4.98. The quantitative estimate of drug-likeness (QED) is 0.758. The number of carbonyl (C=O) groups is 1. The predicted molar refractivity (Wildman–Crippen MR) is 59.9 cm³/mol. The highest BCUT2D eigenvalue weighted by Crippen LogP contribution is 2.36. The Hall–Kier alpha value is -2.50. The van der Waals surface area contributed by atoms with Crippen LogP contribution in [0.4, 0.5) is 5.82 Å². The summed E-state index contributed by atoms with van der Waals surface area (Å²) in [5.41, 5.74) is 7.28. The molecular formula is C11H9N3O3. The van der Waals surface area contributed by atoms with Crippen LogP contribution in [0.3, 0.4) is 0 Å². The van der Waals surface area contributed by atoms with Gasteiger partial charge in [-0.3, -0.25) is 9.89 Å². The normalized spacial score (nSPS) is 12.7. The molecule has 17 heavy (non-hydrogen) atoms. The van der Waals surface area contributed by atoms with Crippen molar-refractivity contribution >= 4 is 12.1 Å². The van der Waals surface area contributed by atoms with Gasteiger partial charge in [0.05, 0.1) is 11.3 Å². The lowest BCUT2D eigenvalue weighted by Gasteiger charge is -2.01. The summed E-state index contributed by atoms with van der Waals surface area (Å²) in [6.45, 7) is 0.213. The molecule has 6 nitrogen and oxygen atoms in total. The second-order valence-electron chi connectivity index (χ2n) is 3.58. The molecule has 0 radical (unpaired) electrons. The third-order valence-electron chi connectivity index (χ3n) is 2.61. The molecule has 3 N–H and O–H groups in total. The highest BCUT2D eigenvalue weighted by atomic mass is 16.7. The number of nitrogens with one attached hydrogen (secondary N) is 1. The number of aromatic amines is 1. The number of aromatic nitrogens is 2. The van der Waals surface area contributed by atoms with Crippen LogP contribution in [0.1, 0.15) is 10.4 Å². The fourth-order valence-corrected chi connectivity index (χ4v) is 1.76. The molecule has 3 rings (SSSR count). The molecule has 86 valence electrons. The number of H-pyrrole nitrogens is 1. The topological polar surface area (TPSA) is 90.2 Å². The van der Waals surface area contributed by atoms with E-state index in [1.165, 1.54) is 0 Å². The van der Waals surface area contributed by atoms with Gasteiger partial charge in [0.25, 0.3) is 0 Å². The number of ether oxygens (including phenoxy) is 2. The van der Waals surface area contributed by atoms with E-state index in [1.54, 1.807) is 12.1 Å². The molecule has 0 saturated carbocycles. The van der Waals surface area contributed by atoms with Crippen LogP contribution in [0.5, 0.6) is 11.5 Å². The lowest BCUT2D eigenvalue weighted by Crippen LogP contribution is -1.93. The largest absolute Gasteiger partial charge is 0.454 e. The van der Waals surface area contributed by atoms with E-state index >= 15 is 0 Å². The minimum atomic E-state index is 0.188. The number of anilines is 1. The SMILES string of the molecule is Nc1n[nH]c(-c2ccc3c(c2)OCO3)c1C=O. The Kier molecular flexibility index (Phi) is 2.01. The summed E-state index contributed by atoms with van der Waals surface area (Å²) in [6.07, 6.45) is 0.679. The van der Waals surface area contributed by atoms with Crippen LogP contribution in [0.2, 0.25) is 0 Å². The lowest BCUT2D eigenvalue weighted by atomic mass is 10.1. The first-order chi connectivity index (χ1) is 8.29. The number of carbonyl (C=O) groups excluding carboxylic acids is 1. The van der Waals surface area contributed by atoms with E-state index in [1.807, 2.05) is 6.07 Å². The summed E-state index contributed by atoms with van der Waals surface area (Å²) >= 11 is 0. The van der Waals surface area contributed by atoms with Crippen molar-refractivity contribution in [2.45, 2.75) is 0 Å². The maximum absolute atomic E-state index is 10.9. The standard InChI is InChI=1S/C11H9N3O3/c12-11-7(4-15)10(13-14-11)6-1-2-8-9(3-6)17-5-16-8/h1-4H,5H2,(H3,12,13,14). The van der Waals surface area contributed by atoms with Gasteiger partial charge in [0.15, 0.2) is 23.6 Å². The van der Waals surface area contributed by atoms with Crippen molar-refractivity contribution in [2.24, 2.45) is 0 Å². The van der Waals surface area contributed by atoms with Gasteiger partial charge in [-0.25, -0.2) is 0 Å². The van der Waals surface area contributed by atoms with Gasteiger partial charge in [-0.05, 0) is 18.2 Å². The maximum Gasteiger partial charge on any atom is 0.231 e. The van der Waals surface area contributed by atoms with E-state index in [0.29, 0.717) is 29.0 Å². The number of hydrogen-bond donors (Lipinski definition) is 2. The van der Waals surface area contributed by atoms with E-state index < -0.39 is 0 Å². The molecule has 0 saturated heterocycles. The summed E-state index contributed by atoms with van der Waals surface area (Å²) < 4.78 is 10.5. The van der Waals surface area contributed by atoms with Crippen LogP contribution in [0.25, 0.3) is 11.3 Å². The van der Waals surface area contributed by atoms with Crippen LogP contribution in [0, 0.1) is 0 Å². The smallest absolute Gasteiger partial charge is 0.231 e. The molecule has 2 heterocycles. The second kappa shape index (κ2) is 3.51. The molecule has 0 atom stereocenters. The molecule has 6 heteroatoms. The fraction of sp³-hybridized carbons (Fsp3) is 0.0909. The van der Waals surface area contributed by atoms with Gasteiger partial charge >= 0.3 is 0 Å². The number of rotatable bonds is 2. The number of hydrogen-bond acceptors (Lipinski definition) is 5. The monoisotopic (exact) mass is 231 g/mol. The summed E-state index contributed by atoms with van der Waals surface area (Å²) in [5, 5.41) is 6.54. The highest BCUT2D eigenvalue weighted by Gasteiger charge is 2.17. The number of fused-ring (bicyclic) bond motifs is 1. The van der Waals surface area contributed by atoms with Gasteiger partial charge in [0, 0.05) is 5.56 Å². The molecule has 2 aromatic rings. The van der Waals surface area contributed by atoms with E-state index in [0.717, 1.165) is 5.56 Å². The summed E-state index contributed by atoms with van der Waals surface area (Å²) in [5.74, 6) is 1.52. The molecular weight excluding hydrogens is 222 g/mol. The zero-order chi connectivity index (χ0) is 11.8. The summed E-state index contributed by atoms with van der Waals surface area (Å²) in [6, 6.07) is 5.37. The van der Waals surface area contributed by atoms with Gasteiger partial charge in [0.1, 0.15) is 0 Å². The van der Waals surface area contributed by atoms with E-state index in [9.17, 15) is 4.79 Å². The Morgan fingerprint density at radius 2 is 2.18 bits per heavy atom. The van der Waals surface area contributed by atoms with Gasteiger partial charge < -0.3 is 15.2 Å². The molecule has 1 aromatic heterocycles. The Bertz CT molecular complexity index is 592. The molecule has 0 fully saturated rings. The van der Waals surface area contributed by atoms with Crippen molar-refractivity contribution in [3.63, 3.8) is 0 Å². The Morgan fingerprint density at radius 1 is 1.35 bits per heavy atom. The molecule has 1 aliphatic rings. The molecule has 0 unspecified atom stereocenters. The average molecular weight is 231 g/mol. The van der Waals surface area contributed by atoms with Gasteiger partial charge in [0.2, 0.25) is 6.79 Å². The van der Waals surface area contributed by atoms with Crippen molar-refractivity contribution in [1.29, 1.82) is 0 Å². The summed E-state index contributed by atoms with van der Waals surface area (Å²) in [4.78, 5) is 10.9. The Labute approximate surface area is 96.3 Å². The van der Waals surface area contributed by atoms with Crippen molar-refractivity contribution in [2.75, 3.05) is 12.5 Å². The van der Waals surface area contributed by atoms with Crippen molar-refractivity contribution in [1.82, 2.24) is 10.2 Å². The second-order valence-corrected chi connectivity index (χ2v) is 3.58. The van der Waals surface area contributed by atoms with Crippen LogP contribution >= 0.6 is 0 Å². The van der Waals surface area contributed by atoms with E-state index in [2.05, 4.69) is 10.2 Å². The molecule has 0 spiro atoms. The van der Waals surface area contributed by atoms with Crippen molar-refractivity contribution in [3.8, 4) is 22.8 Å². The van der Waals surface area contributed by atoms with Gasteiger partial charge in [-0.15, -0.1) is 0 Å². The predicted octanol–water partition coefficient (Wildman–Crippen LogP) is 1.20. The molecule has 0 aliphatic carbocycles. The number of nitrogens with zero attached hydrogens (tertiary/aromatic N) is 1. The number of nitrogen functional groups attached to an aromatic ring is 1. The molecule has 1 aliphatic heterocycles. The third-order valence-corrected chi connectivity index (χ3v) is 2.61. The van der Waals surface area contributed by atoms with Crippen molar-refractivity contribution in [3.05, 3.63) is 23.8 Å². The average Bonchev–Trinajstić information content (AvgIpc) is 2.93. The lowest BCUT2D eigenvalue weighted by molar-refractivity contribution is 0.112. The van der Waals surface area contributed by atoms with E-state index in [4.69, 9.17) is 15.2 Å². The zero-order valence-corrected chi connectivity index (χ0v) is 8.77. The Morgan fingerprint density at radius 3 is 3.00 bits per heavy atom. The molecule has 0 amide bonds. The van der Waals surface area contributed by atoms with Crippen LogP contribution in [-0.2, 0) is 0 Å². The zero-order valence-electron chi connectivity index (χ0n) is 8.77. The Balaban J connectivity index is 2.12. The fourth-order valence-electron chi connectivity index (χ4n) is 1.76. The number of aldehydes is 1. The number of nitrogens with two attached hydrogens (primary N) is 1. The third kappa shape index (κ3) is 1.42. The van der Waals surface area contributed by atoms with Crippen LogP contribution in [-0.4, -0.2) is 23.3 Å². The molecule has 1 aromatic carbocycles. The first kappa shape index (κ1) is 9.71. The van der Waals surface area contributed by atoms with Gasteiger partial charge in [-0.2, -0.15) is 5.10 Å². The van der Waals surface area contributed by atoms with Gasteiger partial charge in [-0.1, -0.05) is 0 Å². The summed E-state index contributed by atoms with van der Waals surface area (Å²) in [7, 11) is 0. The minimum Gasteiger partial charge on any atom is -0.454 e. The van der Waals surface area contributed by atoms with E-state index in [-0.39, 0.29) is 12.6 Å². The molecule has 0 bridgehead atoms. The number of benzene rings is 1.